The summed E-state index contributed by atoms with van der Waals surface area (Å²) in [6.07, 6.45) is 0. The van der Waals surface area contributed by atoms with E-state index in [9.17, 15) is 0 Å². The molecule has 1 aromatic heterocycles. The molecule has 1 aromatic carbocycles. The van der Waals surface area contributed by atoms with Gasteiger partial charge in [-0.15, -0.1) is 0 Å². The first-order valence-corrected chi connectivity index (χ1v) is 5.13. The normalized spacial score (nSPS) is 11.6. The first-order chi connectivity index (χ1) is 7.10. The maximum atomic E-state index is 4.95. The summed E-state index contributed by atoms with van der Waals surface area (Å²) in [5.41, 5.74) is 0.950. The van der Waals surface area contributed by atoms with Crippen LogP contribution in [0.5, 0.6) is 0 Å². The number of hydrogen-bond acceptors (Lipinski definition) is 3. The van der Waals surface area contributed by atoms with Crippen LogP contribution in [0.1, 0.15) is 25.2 Å². The molecule has 1 N–H and O–H groups in total. The van der Waals surface area contributed by atoms with E-state index in [1.807, 2.05) is 18.2 Å². The van der Waals surface area contributed by atoms with Gasteiger partial charge in [-0.25, -0.2) is 5.16 Å². The Morgan fingerprint density at radius 3 is 2.47 bits per heavy atom. The molecule has 0 saturated carbocycles. The predicted molar refractivity (Wildman–Crippen MR) is 60.3 cm³/mol. The molecule has 15 heavy (non-hydrogen) atoms. The van der Waals surface area contributed by atoms with Crippen LogP contribution in [0.2, 0.25) is 0 Å². The molecule has 0 aliphatic rings. The van der Waals surface area contributed by atoms with E-state index in [1.165, 1.54) is 5.56 Å². The quantitative estimate of drug-likeness (QED) is 0.791. The van der Waals surface area contributed by atoms with Crippen molar-refractivity contribution in [2.75, 3.05) is 0 Å². The molecule has 0 amide bonds. The highest BCUT2D eigenvalue weighted by atomic mass is 32.1. The zero-order valence-corrected chi connectivity index (χ0v) is 9.47. The minimum Gasteiger partial charge on any atom is -0.348 e. The van der Waals surface area contributed by atoms with Crippen molar-refractivity contribution in [1.29, 1.82) is 0 Å². The molecular formula is C11H12N2OS. The largest absolute Gasteiger partial charge is 0.348 e. The fourth-order valence-corrected chi connectivity index (χ4v) is 1.62. The topological polar surface area (TPSA) is 41.8 Å². The number of nitrogens with zero attached hydrogens (tertiary/aromatic N) is 1. The maximum absolute atomic E-state index is 4.95. The maximum Gasteiger partial charge on any atom is 0.314 e. The fourth-order valence-electron chi connectivity index (χ4n) is 1.49. The van der Waals surface area contributed by atoms with Gasteiger partial charge in [-0.3, -0.25) is 0 Å². The average molecular weight is 220 g/mol. The number of H-pyrrole nitrogens is 1. The van der Waals surface area contributed by atoms with Crippen LogP contribution in [0.4, 0.5) is 0 Å². The fraction of sp³-hybridized carbons (Fsp3) is 0.273. The predicted octanol–water partition coefficient (Wildman–Crippen LogP) is 3.06. The lowest BCUT2D eigenvalue weighted by Gasteiger charge is -2.21. The zero-order valence-electron chi connectivity index (χ0n) is 8.65. The highest BCUT2D eigenvalue weighted by molar-refractivity contribution is 7.71. The Labute approximate surface area is 93.1 Å². The molecule has 0 aliphatic heterocycles. The number of rotatable bonds is 2. The van der Waals surface area contributed by atoms with Crippen LogP contribution in [0.25, 0.3) is 0 Å². The van der Waals surface area contributed by atoms with Crippen molar-refractivity contribution in [2.24, 2.45) is 0 Å². The molecule has 0 bridgehead atoms. The van der Waals surface area contributed by atoms with Gasteiger partial charge in [0.1, 0.15) is 0 Å². The lowest BCUT2D eigenvalue weighted by Crippen LogP contribution is -2.20. The third kappa shape index (κ3) is 1.85. The van der Waals surface area contributed by atoms with Crippen LogP contribution in [-0.2, 0) is 5.41 Å². The number of nitrogens with one attached hydrogen (secondary N) is 1. The van der Waals surface area contributed by atoms with Crippen LogP contribution < -0.4 is 0 Å². The van der Waals surface area contributed by atoms with Crippen molar-refractivity contribution in [2.45, 2.75) is 19.3 Å². The highest BCUT2D eigenvalue weighted by Gasteiger charge is 2.26. The second kappa shape index (κ2) is 3.62. The van der Waals surface area contributed by atoms with Gasteiger partial charge in [0.15, 0.2) is 5.82 Å². The molecule has 0 fully saturated rings. The number of aromatic amines is 1. The molecule has 2 aromatic rings. The van der Waals surface area contributed by atoms with Crippen LogP contribution in [-0.4, -0.2) is 10.1 Å². The van der Waals surface area contributed by atoms with Gasteiger partial charge < -0.3 is 4.52 Å². The summed E-state index contributed by atoms with van der Waals surface area (Å²) in [4.78, 5) is 4.40. The molecule has 3 nitrogen and oxygen atoms in total. The van der Waals surface area contributed by atoms with Crippen LogP contribution in [0.3, 0.4) is 0 Å². The molecule has 0 radical (unpaired) electrons. The van der Waals surface area contributed by atoms with E-state index in [2.05, 4.69) is 36.1 Å². The van der Waals surface area contributed by atoms with E-state index in [4.69, 9.17) is 16.7 Å². The van der Waals surface area contributed by atoms with E-state index in [1.54, 1.807) is 0 Å². The minimum absolute atomic E-state index is 0.220. The third-order valence-corrected chi connectivity index (χ3v) is 2.70. The Morgan fingerprint density at radius 2 is 1.93 bits per heavy atom. The van der Waals surface area contributed by atoms with Crippen molar-refractivity contribution in [1.82, 2.24) is 10.1 Å². The second-order valence-corrected chi connectivity index (χ2v) is 4.27. The molecule has 1 heterocycles. The number of aromatic nitrogens is 2. The summed E-state index contributed by atoms with van der Waals surface area (Å²) in [6, 6.07) is 10.1. The molecule has 0 atom stereocenters. The molecule has 0 unspecified atom stereocenters. The standard InChI is InChI=1S/C11H12N2OS/c1-11(2,8-6-4-3-5-7-8)9-12-10(15)14-13-9/h3-7H,1-2H3,(H,12,13,15). The van der Waals surface area contributed by atoms with E-state index < -0.39 is 0 Å². The van der Waals surface area contributed by atoms with Gasteiger partial charge >= 0.3 is 4.84 Å². The van der Waals surface area contributed by atoms with Crippen molar-refractivity contribution >= 4 is 12.2 Å². The van der Waals surface area contributed by atoms with Crippen molar-refractivity contribution in [3.05, 3.63) is 46.6 Å². The van der Waals surface area contributed by atoms with Gasteiger partial charge in [-0.1, -0.05) is 30.3 Å². The van der Waals surface area contributed by atoms with Gasteiger partial charge in [0.25, 0.3) is 0 Å². The summed E-state index contributed by atoms with van der Waals surface area (Å²) in [5, 5.41) is 2.75. The van der Waals surface area contributed by atoms with Crippen LogP contribution in [0, 0.1) is 4.84 Å². The van der Waals surface area contributed by atoms with Crippen LogP contribution >= 0.6 is 12.2 Å². The molecule has 2 rings (SSSR count). The smallest absolute Gasteiger partial charge is 0.314 e. The lowest BCUT2D eigenvalue weighted by atomic mass is 9.84. The minimum atomic E-state index is -0.220. The summed E-state index contributed by atoms with van der Waals surface area (Å²) >= 11 is 4.84. The molecule has 0 saturated heterocycles. The zero-order chi connectivity index (χ0) is 10.9. The Balaban J connectivity index is 2.48. The van der Waals surface area contributed by atoms with E-state index in [-0.39, 0.29) is 10.3 Å². The van der Waals surface area contributed by atoms with Crippen LogP contribution in [0.15, 0.2) is 34.9 Å². The molecular weight excluding hydrogens is 208 g/mol. The third-order valence-electron chi connectivity index (χ3n) is 2.53. The van der Waals surface area contributed by atoms with Crippen molar-refractivity contribution in [3.8, 4) is 0 Å². The van der Waals surface area contributed by atoms with Gasteiger partial charge in [0.2, 0.25) is 0 Å². The van der Waals surface area contributed by atoms with Crippen molar-refractivity contribution in [3.63, 3.8) is 0 Å². The molecule has 78 valence electrons. The number of hydrogen-bond donors (Lipinski definition) is 1. The summed E-state index contributed by atoms with van der Waals surface area (Å²) in [5.74, 6) is 0.749. The van der Waals surface area contributed by atoms with E-state index >= 15 is 0 Å². The molecule has 0 aliphatic carbocycles. The first-order valence-electron chi connectivity index (χ1n) is 4.72. The molecule has 0 spiro atoms. The van der Waals surface area contributed by atoms with Gasteiger partial charge in [0, 0.05) is 0 Å². The highest BCUT2D eigenvalue weighted by Crippen LogP contribution is 2.28. The number of benzene rings is 1. The Hall–Kier alpha value is -1.42. The van der Waals surface area contributed by atoms with E-state index in [0.717, 1.165) is 5.82 Å². The summed E-state index contributed by atoms with van der Waals surface area (Å²) in [7, 11) is 0. The van der Waals surface area contributed by atoms with Gasteiger partial charge in [-0.05, 0) is 31.6 Å². The molecule has 4 heteroatoms. The first kappa shape index (κ1) is 10.1. The average Bonchev–Trinajstić information content (AvgIpc) is 2.67. The second-order valence-electron chi connectivity index (χ2n) is 3.92. The summed E-state index contributed by atoms with van der Waals surface area (Å²) in [6.45, 7) is 4.15. The SMILES string of the molecule is CC(C)(c1ccccc1)c1nc(=S)o[nH]1. The van der Waals surface area contributed by atoms with E-state index in [0.29, 0.717) is 0 Å². The monoisotopic (exact) mass is 220 g/mol. The van der Waals surface area contributed by atoms with Gasteiger partial charge in [0.05, 0.1) is 5.41 Å². The van der Waals surface area contributed by atoms with Gasteiger partial charge in [-0.2, -0.15) is 4.98 Å². The Morgan fingerprint density at radius 1 is 1.27 bits per heavy atom. The van der Waals surface area contributed by atoms with Crippen molar-refractivity contribution < 1.29 is 4.52 Å². The Kier molecular flexibility index (Phi) is 2.44. The summed E-state index contributed by atoms with van der Waals surface area (Å²) < 4.78 is 4.95. The Bertz CT molecular complexity index is 499. The lowest BCUT2D eigenvalue weighted by molar-refractivity contribution is 0.387.